The number of nitrogens with one attached hydrogen (secondary N) is 3. The van der Waals surface area contributed by atoms with E-state index in [2.05, 4.69) is 20.6 Å². The number of rotatable bonds is 11. The van der Waals surface area contributed by atoms with Gasteiger partial charge in [0.2, 0.25) is 17.7 Å². The van der Waals surface area contributed by atoms with E-state index in [1.807, 2.05) is 19.9 Å². The summed E-state index contributed by atoms with van der Waals surface area (Å²) < 4.78 is 0. The molecule has 1 aromatic carbocycles. The quantitative estimate of drug-likeness (QED) is 0.295. The fourth-order valence-electron chi connectivity index (χ4n) is 4.20. The van der Waals surface area contributed by atoms with Gasteiger partial charge in [0.1, 0.15) is 18.1 Å². The van der Waals surface area contributed by atoms with Gasteiger partial charge in [0.15, 0.2) is 0 Å². The number of carbonyl (C=O) groups excluding carboxylic acids is 3. The smallest absolute Gasteiger partial charge is 0.326 e. The first-order chi connectivity index (χ1) is 17.2. The minimum absolute atomic E-state index is 0.0709. The van der Waals surface area contributed by atoms with E-state index in [0.717, 1.165) is 5.56 Å². The molecule has 6 N–H and O–H groups in total. The zero-order chi connectivity index (χ0) is 26.2. The van der Waals surface area contributed by atoms with Gasteiger partial charge in [0, 0.05) is 31.3 Å². The molecule has 2 aromatic rings. The molecule has 1 aromatic heterocycles. The van der Waals surface area contributed by atoms with Gasteiger partial charge in [-0.15, -0.1) is 0 Å². The summed E-state index contributed by atoms with van der Waals surface area (Å²) in [7, 11) is 0. The summed E-state index contributed by atoms with van der Waals surface area (Å²) >= 11 is 0. The first-order valence-electron chi connectivity index (χ1n) is 12.1. The summed E-state index contributed by atoms with van der Waals surface area (Å²) in [6.07, 6.45) is 4.23. The molecule has 4 atom stereocenters. The highest BCUT2D eigenvalue weighted by molar-refractivity contribution is 5.94. The van der Waals surface area contributed by atoms with E-state index in [0.29, 0.717) is 25.1 Å². The molecular weight excluding hydrogens is 464 g/mol. The molecule has 1 aliphatic rings. The highest BCUT2D eigenvalue weighted by atomic mass is 16.4. The summed E-state index contributed by atoms with van der Waals surface area (Å²) in [5.41, 5.74) is 7.38. The lowest BCUT2D eigenvalue weighted by Crippen LogP contribution is -2.57. The number of hydrogen-bond donors (Lipinski definition) is 5. The molecule has 36 heavy (non-hydrogen) atoms. The first-order valence-corrected chi connectivity index (χ1v) is 12.1. The van der Waals surface area contributed by atoms with Crippen molar-refractivity contribution < 1.29 is 24.3 Å². The van der Waals surface area contributed by atoms with Crippen molar-refractivity contribution in [2.45, 2.75) is 63.7 Å². The zero-order valence-electron chi connectivity index (χ0n) is 20.5. The van der Waals surface area contributed by atoms with E-state index < -0.39 is 42.0 Å². The number of hydrogen-bond acceptors (Lipinski definition) is 6. The average molecular weight is 499 g/mol. The van der Waals surface area contributed by atoms with Crippen LogP contribution >= 0.6 is 0 Å². The van der Waals surface area contributed by atoms with Crippen molar-refractivity contribution in [1.29, 1.82) is 0 Å². The Bertz CT molecular complexity index is 1040. The molecule has 0 aliphatic carbocycles. The van der Waals surface area contributed by atoms with Crippen molar-refractivity contribution in [1.82, 2.24) is 25.5 Å². The van der Waals surface area contributed by atoms with Crippen LogP contribution in [0.4, 0.5) is 0 Å². The van der Waals surface area contributed by atoms with E-state index in [1.165, 1.54) is 17.4 Å². The Morgan fingerprint density at radius 2 is 1.86 bits per heavy atom. The van der Waals surface area contributed by atoms with Crippen LogP contribution in [0.2, 0.25) is 0 Å². The lowest BCUT2D eigenvalue weighted by Gasteiger charge is -2.29. The van der Waals surface area contributed by atoms with Gasteiger partial charge in [0.25, 0.3) is 0 Å². The van der Waals surface area contributed by atoms with E-state index in [9.17, 15) is 24.3 Å². The summed E-state index contributed by atoms with van der Waals surface area (Å²) in [4.78, 5) is 59.5. The minimum Gasteiger partial charge on any atom is -0.480 e. The predicted octanol–water partition coefficient (Wildman–Crippen LogP) is 0.223. The Hall–Kier alpha value is -3.73. The number of aromatic amines is 1. The molecule has 11 nitrogen and oxygen atoms in total. The van der Waals surface area contributed by atoms with Crippen LogP contribution in [0, 0.1) is 5.92 Å². The second-order valence-corrected chi connectivity index (χ2v) is 9.39. The van der Waals surface area contributed by atoms with Gasteiger partial charge in [-0.05, 0) is 24.3 Å². The predicted molar refractivity (Wildman–Crippen MR) is 131 cm³/mol. The van der Waals surface area contributed by atoms with Crippen molar-refractivity contribution >= 4 is 23.7 Å². The second-order valence-electron chi connectivity index (χ2n) is 9.39. The second kappa shape index (κ2) is 12.3. The van der Waals surface area contributed by atoms with Crippen LogP contribution in [0.25, 0.3) is 0 Å². The van der Waals surface area contributed by atoms with E-state index in [4.69, 9.17) is 5.73 Å². The Labute approximate surface area is 209 Å². The van der Waals surface area contributed by atoms with Gasteiger partial charge in [-0.1, -0.05) is 44.2 Å². The van der Waals surface area contributed by atoms with Crippen LogP contribution in [0.3, 0.4) is 0 Å². The molecule has 2 heterocycles. The van der Waals surface area contributed by atoms with Crippen LogP contribution in [-0.4, -0.2) is 74.4 Å². The Morgan fingerprint density at radius 3 is 2.47 bits per heavy atom. The summed E-state index contributed by atoms with van der Waals surface area (Å²) in [6.45, 7) is 4.09. The van der Waals surface area contributed by atoms with Crippen molar-refractivity contribution in [3.8, 4) is 0 Å². The van der Waals surface area contributed by atoms with Crippen LogP contribution in [-0.2, 0) is 32.0 Å². The number of nitrogens with two attached hydrogens (primary N) is 1. The van der Waals surface area contributed by atoms with Gasteiger partial charge in [-0.3, -0.25) is 14.4 Å². The van der Waals surface area contributed by atoms with Gasteiger partial charge in [-0.2, -0.15) is 0 Å². The van der Waals surface area contributed by atoms with Gasteiger partial charge in [-0.25, -0.2) is 9.78 Å². The molecule has 0 radical (unpaired) electrons. The minimum atomic E-state index is -1.19. The lowest BCUT2D eigenvalue weighted by molar-refractivity contribution is -0.143. The summed E-state index contributed by atoms with van der Waals surface area (Å²) in [6, 6.07) is 5.21. The van der Waals surface area contributed by atoms with Crippen molar-refractivity contribution in [3.05, 3.63) is 54.1 Å². The molecule has 11 heteroatoms. The molecule has 0 saturated carbocycles. The number of likely N-dealkylation sites (tertiary alicyclic amines) is 1. The molecule has 1 saturated heterocycles. The molecule has 4 unspecified atom stereocenters. The standard InChI is InChI=1S/C25H34N6O5/c1-15(2)21(26)24(34)31-10-6-9-20(31)23(33)29-18(12-17-13-27-14-28-17)22(32)30-19(25(35)36)11-16-7-4-3-5-8-16/h3-5,7-8,13-15,18-21H,6,9-12,26H2,1-2H3,(H,27,28)(H,29,33)(H,30,32)(H,35,36). The van der Waals surface area contributed by atoms with Gasteiger partial charge >= 0.3 is 5.97 Å². The SMILES string of the molecule is CC(C)C(N)C(=O)N1CCCC1C(=O)NC(Cc1cnc[nH]1)C(=O)NC(Cc1ccccc1)C(=O)O. The Balaban J connectivity index is 1.74. The number of benzene rings is 1. The molecule has 194 valence electrons. The largest absolute Gasteiger partial charge is 0.480 e. The Kier molecular flexibility index (Phi) is 9.18. The molecule has 3 amide bonds. The number of imidazole rings is 1. The fraction of sp³-hybridized carbons (Fsp3) is 0.480. The monoisotopic (exact) mass is 498 g/mol. The average Bonchev–Trinajstić information content (AvgIpc) is 3.55. The molecule has 1 aliphatic heterocycles. The maximum absolute atomic E-state index is 13.2. The number of H-pyrrole nitrogens is 1. The topological polar surface area (TPSA) is 171 Å². The third kappa shape index (κ3) is 6.91. The Morgan fingerprint density at radius 1 is 1.14 bits per heavy atom. The molecule has 1 fully saturated rings. The fourth-order valence-corrected chi connectivity index (χ4v) is 4.20. The molecule has 0 spiro atoms. The highest BCUT2D eigenvalue weighted by Crippen LogP contribution is 2.20. The van der Waals surface area contributed by atoms with Gasteiger partial charge < -0.3 is 31.4 Å². The van der Waals surface area contributed by atoms with E-state index in [1.54, 1.807) is 24.3 Å². The third-order valence-electron chi connectivity index (χ3n) is 6.35. The number of carboxylic acids is 1. The van der Waals surface area contributed by atoms with Gasteiger partial charge in [0.05, 0.1) is 12.4 Å². The molecule has 0 bridgehead atoms. The van der Waals surface area contributed by atoms with Crippen molar-refractivity contribution in [3.63, 3.8) is 0 Å². The molecular formula is C25H34N6O5. The van der Waals surface area contributed by atoms with Crippen LogP contribution < -0.4 is 16.4 Å². The van der Waals surface area contributed by atoms with Crippen LogP contribution in [0.15, 0.2) is 42.9 Å². The zero-order valence-corrected chi connectivity index (χ0v) is 20.5. The maximum Gasteiger partial charge on any atom is 0.326 e. The number of aliphatic carboxylic acids is 1. The van der Waals surface area contributed by atoms with Crippen molar-refractivity contribution in [2.24, 2.45) is 11.7 Å². The number of carbonyl (C=O) groups is 4. The highest BCUT2D eigenvalue weighted by Gasteiger charge is 2.38. The first kappa shape index (κ1) is 26.9. The van der Waals surface area contributed by atoms with Crippen LogP contribution in [0.1, 0.15) is 37.9 Å². The normalized spacial score (nSPS) is 17.9. The lowest BCUT2D eigenvalue weighted by atomic mass is 10.0. The number of nitrogens with zero attached hydrogens (tertiary/aromatic N) is 2. The summed E-state index contributed by atoms with van der Waals surface area (Å²) in [5, 5.41) is 15.0. The molecule has 3 rings (SSSR count). The van der Waals surface area contributed by atoms with E-state index >= 15 is 0 Å². The summed E-state index contributed by atoms with van der Waals surface area (Å²) in [5.74, 6) is -2.69. The van der Waals surface area contributed by atoms with Crippen molar-refractivity contribution in [2.75, 3.05) is 6.54 Å². The number of carboxylic acid groups (broad SMARTS) is 1. The van der Waals surface area contributed by atoms with Crippen LogP contribution in [0.5, 0.6) is 0 Å². The van der Waals surface area contributed by atoms with E-state index in [-0.39, 0.29) is 24.7 Å². The maximum atomic E-state index is 13.2. The number of aromatic nitrogens is 2. The number of amides is 3. The third-order valence-corrected chi connectivity index (χ3v) is 6.35.